The average molecular weight is 456 g/mol. The Morgan fingerprint density at radius 3 is 2.73 bits per heavy atom. The van der Waals surface area contributed by atoms with Crippen LogP contribution in [0.1, 0.15) is 43.6 Å². The van der Waals surface area contributed by atoms with E-state index in [2.05, 4.69) is 32.6 Å². The fourth-order valence-electron chi connectivity index (χ4n) is 4.22. The summed E-state index contributed by atoms with van der Waals surface area (Å²) in [6.07, 6.45) is 1.69. The summed E-state index contributed by atoms with van der Waals surface area (Å²) in [4.78, 5) is 45.1. The number of hydrogen-bond donors (Lipinski definition) is 4. The monoisotopic (exact) mass is 455 g/mol. The fraction of sp³-hybridized carbons (Fsp3) is 0.500. The Morgan fingerprint density at radius 1 is 1.30 bits per heavy atom. The van der Waals surface area contributed by atoms with Crippen LogP contribution in [0.15, 0.2) is 29.3 Å². The van der Waals surface area contributed by atoms with Crippen molar-refractivity contribution in [2.75, 3.05) is 20.2 Å². The highest BCUT2D eigenvalue weighted by Crippen LogP contribution is 2.26. The topological polar surface area (TPSA) is 125 Å². The predicted molar refractivity (Wildman–Crippen MR) is 128 cm³/mol. The Balaban J connectivity index is 1.72. The van der Waals surface area contributed by atoms with Crippen LogP contribution in [-0.4, -0.2) is 61.7 Å². The lowest BCUT2D eigenvalue weighted by atomic mass is 9.97. The molecule has 1 saturated heterocycles. The molecule has 2 unspecified atom stereocenters. The summed E-state index contributed by atoms with van der Waals surface area (Å²) < 4.78 is 5.36. The maximum Gasteiger partial charge on any atom is 0.268 e. The highest BCUT2D eigenvalue weighted by atomic mass is 16.5. The van der Waals surface area contributed by atoms with Crippen molar-refractivity contribution in [3.8, 4) is 5.75 Å². The van der Waals surface area contributed by atoms with Crippen LogP contribution in [0.3, 0.4) is 0 Å². The largest absolute Gasteiger partial charge is 0.496 e. The number of carbonyl (C=O) groups excluding carboxylic acids is 3. The molecule has 3 atom stereocenters. The van der Waals surface area contributed by atoms with Gasteiger partial charge in [-0.1, -0.05) is 19.9 Å². The van der Waals surface area contributed by atoms with Crippen LogP contribution in [0, 0.1) is 11.8 Å². The molecular formula is C24H33N5O4. The van der Waals surface area contributed by atoms with E-state index >= 15 is 0 Å². The zero-order valence-corrected chi connectivity index (χ0v) is 19.4. The third-order valence-corrected chi connectivity index (χ3v) is 5.85. The van der Waals surface area contributed by atoms with Crippen molar-refractivity contribution < 1.29 is 19.1 Å². The number of fused-ring (bicyclic) bond motifs is 1. The van der Waals surface area contributed by atoms with E-state index in [0.717, 1.165) is 17.3 Å². The smallest absolute Gasteiger partial charge is 0.268 e. The van der Waals surface area contributed by atoms with Gasteiger partial charge < -0.3 is 25.7 Å². The number of methoxy groups -OCH3 is 1. The van der Waals surface area contributed by atoms with E-state index < -0.39 is 6.04 Å². The van der Waals surface area contributed by atoms with Crippen molar-refractivity contribution in [2.45, 2.75) is 45.2 Å². The Hall–Kier alpha value is -3.36. The van der Waals surface area contributed by atoms with Crippen molar-refractivity contribution in [1.82, 2.24) is 20.9 Å². The molecule has 1 aromatic carbocycles. The van der Waals surface area contributed by atoms with Gasteiger partial charge in [0, 0.05) is 29.4 Å². The second-order valence-electron chi connectivity index (χ2n) is 8.88. The van der Waals surface area contributed by atoms with Gasteiger partial charge in [-0.15, -0.1) is 0 Å². The molecule has 3 rings (SSSR count). The van der Waals surface area contributed by atoms with Crippen LogP contribution in [0.5, 0.6) is 5.75 Å². The van der Waals surface area contributed by atoms with Gasteiger partial charge in [0.1, 0.15) is 17.5 Å². The SMILES string of the molecule is C=NCC(CC1CCNC1=O)NC(=O)[C@H](CC(C)C)NC(=O)c1cc2c(OC)cccc2[nH]1. The van der Waals surface area contributed by atoms with E-state index in [-0.39, 0.29) is 35.6 Å². The number of benzene rings is 1. The summed E-state index contributed by atoms with van der Waals surface area (Å²) in [6.45, 7) is 8.47. The number of carbonyl (C=O) groups is 3. The number of hydrogen-bond acceptors (Lipinski definition) is 5. The lowest BCUT2D eigenvalue weighted by molar-refractivity contribution is -0.125. The van der Waals surface area contributed by atoms with Crippen molar-refractivity contribution in [1.29, 1.82) is 0 Å². The number of H-pyrrole nitrogens is 1. The molecule has 0 saturated carbocycles. The molecule has 1 aliphatic rings. The van der Waals surface area contributed by atoms with Crippen molar-refractivity contribution in [3.63, 3.8) is 0 Å². The van der Waals surface area contributed by atoms with E-state index in [1.54, 1.807) is 13.2 Å². The van der Waals surface area contributed by atoms with Crippen molar-refractivity contribution in [3.05, 3.63) is 30.0 Å². The Labute approximate surface area is 193 Å². The molecule has 4 N–H and O–H groups in total. The van der Waals surface area contributed by atoms with Crippen LogP contribution >= 0.6 is 0 Å². The van der Waals surface area contributed by atoms with Gasteiger partial charge in [-0.2, -0.15) is 0 Å². The lowest BCUT2D eigenvalue weighted by Gasteiger charge is -2.24. The first-order chi connectivity index (χ1) is 15.8. The predicted octanol–water partition coefficient (Wildman–Crippen LogP) is 2.03. The number of aromatic nitrogens is 1. The van der Waals surface area contributed by atoms with Crippen LogP contribution in [0.25, 0.3) is 10.9 Å². The molecule has 33 heavy (non-hydrogen) atoms. The van der Waals surface area contributed by atoms with Crippen molar-refractivity contribution in [2.24, 2.45) is 16.8 Å². The zero-order valence-electron chi connectivity index (χ0n) is 19.4. The summed E-state index contributed by atoms with van der Waals surface area (Å²) in [5.41, 5.74) is 1.12. The van der Waals surface area contributed by atoms with Gasteiger partial charge in [0.25, 0.3) is 5.91 Å². The molecule has 0 aliphatic carbocycles. The molecule has 1 fully saturated rings. The number of rotatable bonds is 11. The number of nitrogens with zero attached hydrogens (tertiary/aromatic N) is 1. The van der Waals surface area contributed by atoms with Crippen molar-refractivity contribution >= 4 is 35.3 Å². The average Bonchev–Trinajstić information content (AvgIpc) is 3.39. The summed E-state index contributed by atoms with van der Waals surface area (Å²) in [5.74, 6) is 0.0203. The number of ether oxygens (including phenoxy) is 1. The first-order valence-electron chi connectivity index (χ1n) is 11.3. The second kappa shape index (κ2) is 11.0. The summed E-state index contributed by atoms with van der Waals surface area (Å²) in [7, 11) is 1.58. The molecule has 0 bridgehead atoms. The Kier molecular flexibility index (Phi) is 8.08. The lowest BCUT2D eigenvalue weighted by Crippen LogP contribution is -2.51. The molecule has 0 spiro atoms. The van der Waals surface area contributed by atoms with E-state index in [9.17, 15) is 14.4 Å². The van der Waals surface area contributed by atoms with E-state index in [4.69, 9.17) is 4.74 Å². The third-order valence-electron chi connectivity index (χ3n) is 5.85. The second-order valence-corrected chi connectivity index (χ2v) is 8.88. The van der Waals surface area contributed by atoms with Gasteiger partial charge in [0.2, 0.25) is 11.8 Å². The molecule has 2 heterocycles. The van der Waals surface area contributed by atoms with Gasteiger partial charge in [-0.05, 0) is 50.1 Å². The maximum absolute atomic E-state index is 13.1. The minimum absolute atomic E-state index is 0.000385. The quantitative estimate of drug-likeness (QED) is 0.387. The van der Waals surface area contributed by atoms with Gasteiger partial charge in [0.05, 0.1) is 13.7 Å². The molecule has 1 aliphatic heterocycles. The Bertz CT molecular complexity index is 1020. The van der Waals surface area contributed by atoms with Gasteiger partial charge in [-0.25, -0.2) is 0 Å². The fourth-order valence-corrected chi connectivity index (χ4v) is 4.22. The van der Waals surface area contributed by atoms with Gasteiger partial charge in [0.15, 0.2) is 0 Å². The Morgan fingerprint density at radius 2 is 2.09 bits per heavy atom. The van der Waals surface area contributed by atoms with Crippen LogP contribution in [0.2, 0.25) is 0 Å². The molecule has 3 amide bonds. The first-order valence-corrected chi connectivity index (χ1v) is 11.3. The number of amides is 3. The van der Waals surface area contributed by atoms with Gasteiger partial charge in [-0.3, -0.25) is 19.4 Å². The molecule has 2 aromatic rings. The zero-order chi connectivity index (χ0) is 24.0. The maximum atomic E-state index is 13.1. The number of aliphatic imine (C=N–C) groups is 1. The van der Waals surface area contributed by atoms with Gasteiger partial charge >= 0.3 is 0 Å². The first kappa shape index (κ1) is 24.3. The summed E-state index contributed by atoms with van der Waals surface area (Å²) in [5, 5.41) is 9.45. The standard InChI is InChI=1S/C24H33N5O4/c1-14(2)10-19(23(31)27-16(13-25-3)11-15-8-9-26-22(15)30)29-24(32)20-12-17-18(28-20)6-5-7-21(17)33-4/h5-7,12,14-16,19,28H,3,8-11,13H2,1-2,4H3,(H,26,30)(H,27,31)(H,29,32)/t15?,16?,19-/m0/s1. The molecule has 9 heteroatoms. The number of nitrogens with one attached hydrogen (secondary N) is 4. The van der Waals surface area contributed by atoms with E-state index in [0.29, 0.717) is 37.4 Å². The highest BCUT2D eigenvalue weighted by Gasteiger charge is 2.30. The van der Waals surface area contributed by atoms with E-state index in [1.807, 2.05) is 32.0 Å². The number of aromatic amines is 1. The third kappa shape index (κ3) is 6.12. The normalized spacial score (nSPS) is 17.5. The highest BCUT2D eigenvalue weighted by molar-refractivity contribution is 6.01. The molecular weight excluding hydrogens is 422 g/mol. The minimum atomic E-state index is -0.726. The summed E-state index contributed by atoms with van der Waals surface area (Å²) >= 11 is 0. The minimum Gasteiger partial charge on any atom is -0.496 e. The van der Waals surface area contributed by atoms with Crippen LogP contribution in [-0.2, 0) is 9.59 Å². The molecule has 178 valence electrons. The van der Waals surface area contributed by atoms with E-state index in [1.165, 1.54) is 0 Å². The molecule has 0 radical (unpaired) electrons. The van der Waals surface area contributed by atoms with Crippen LogP contribution < -0.4 is 20.7 Å². The molecule has 1 aromatic heterocycles. The summed E-state index contributed by atoms with van der Waals surface area (Å²) in [6, 6.07) is 6.19. The van der Waals surface area contributed by atoms with Crippen LogP contribution in [0.4, 0.5) is 0 Å². The molecule has 9 nitrogen and oxygen atoms in total.